The molecule has 1 heterocycles. The van der Waals surface area contributed by atoms with E-state index in [-0.39, 0.29) is 17.4 Å². The fourth-order valence-electron chi connectivity index (χ4n) is 3.36. The Hall–Kier alpha value is -2.12. The zero-order chi connectivity index (χ0) is 18.7. The van der Waals surface area contributed by atoms with Crippen molar-refractivity contribution in [2.45, 2.75) is 25.2 Å². The Bertz CT molecular complexity index is 863. The van der Waals surface area contributed by atoms with Crippen molar-refractivity contribution in [3.63, 3.8) is 0 Å². The normalized spacial score (nSPS) is 16.7. The van der Waals surface area contributed by atoms with Crippen LogP contribution in [0.5, 0.6) is 11.5 Å². The number of rotatable bonds is 5. The maximum Gasteiger partial charge on any atom is 0.214 e. The summed E-state index contributed by atoms with van der Waals surface area (Å²) < 4.78 is 40.1. The molecule has 1 aliphatic heterocycles. The number of halogens is 1. The Kier molecular flexibility index (Phi) is 5.48. The fraction of sp³-hybridized carbons (Fsp3) is 0.368. The van der Waals surface area contributed by atoms with Crippen LogP contribution in [0, 0.1) is 5.82 Å². The van der Waals surface area contributed by atoms with E-state index in [9.17, 15) is 23.0 Å². The summed E-state index contributed by atoms with van der Waals surface area (Å²) in [5.74, 6) is -1.61. The Balaban J connectivity index is 1.62. The summed E-state index contributed by atoms with van der Waals surface area (Å²) in [7, 11) is -3.36. The van der Waals surface area contributed by atoms with Gasteiger partial charge >= 0.3 is 0 Å². The highest BCUT2D eigenvalue weighted by atomic mass is 32.2. The predicted octanol–water partition coefficient (Wildman–Crippen LogP) is 2.99. The van der Waals surface area contributed by atoms with Crippen LogP contribution in [0.1, 0.15) is 29.9 Å². The molecule has 0 aliphatic carbocycles. The number of nitrogens with zero attached hydrogens (tertiary/aromatic N) is 1. The Labute approximate surface area is 152 Å². The standard InChI is InChI=1S/C19H22FNO4S/c20-17-12-16(18(22)13-19(17)23)15-6-9-21(10-7-15)26(24,25)11-8-14-4-2-1-3-5-14/h1-5,12-13,15,22-23H,6-11H2. The van der Waals surface area contributed by atoms with Crippen LogP contribution in [0.4, 0.5) is 4.39 Å². The lowest BCUT2D eigenvalue weighted by Crippen LogP contribution is -2.39. The molecule has 5 nitrogen and oxygen atoms in total. The molecule has 0 saturated carbocycles. The number of phenolic OH excluding ortho intramolecular Hbond substituents is 2. The third-order valence-electron chi connectivity index (χ3n) is 4.87. The number of hydrogen-bond acceptors (Lipinski definition) is 4. The van der Waals surface area contributed by atoms with Gasteiger partial charge in [-0.05, 0) is 36.8 Å². The summed E-state index contributed by atoms with van der Waals surface area (Å²) in [6.07, 6.45) is 1.47. The third kappa shape index (κ3) is 4.16. The Morgan fingerprint density at radius 1 is 1.04 bits per heavy atom. The first kappa shape index (κ1) is 18.7. The number of piperidine rings is 1. The van der Waals surface area contributed by atoms with Crippen molar-refractivity contribution in [3.05, 3.63) is 59.4 Å². The summed E-state index contributed by atoms with van der Waals surface area (Å²) in [6, 6.07) is 11.6. The molecule has 0 radical (unpaired) electrons. The van der Waals surface area contributed by atoms with Gasteiger partial charge in [0.2, 0.25) is 10.0 Å². The molecule has 0 atom stereocenters. The van der Waals surface area contributed by atoms with Gasteiger partial charge in [-0.3, -0.25) is 0 Å². The van der Waals surface area contributed by atoms with Gasteiger partial charge in [-0.25, -0.2) is 17.1 Å². The van der Waals surface area contributed by atoms with Gasteiger partial charge in [0.05, 0.1) is 5.75 Å². The van der Waals surface area contributed by atoms with Gasteiger partial charge in [-0.2, -0.15) is 0 Å². The molecule has 3 rings (SSSR count). The molecule has 1 aliphatic rings. The zero-order valence-corrected chi connectivity index (χ0v) is 15.1. The zero-order valence-electron chi connectivity index (χ0n) is 14.3. The molecular formula is C19H22FNO4S. The summed E-state index contributed by atoms with van der Waals surface area (Å²) in [5.41, 5.74) is 1.40. The molecular weight excluding hydrogens is 357 g/mol. The predicted molar refractivity (Wildman–Crippen MR) is 97.2 cm³/mol. The SMILES string of the molecule is O=S(=O)(CCc1ccccc1)N1CCC(c2cc(F)c(O)cc2O)CC1. The van der Waals surface area contributed by atoms with Crippen LogP contribution >= 0.6 is 0 Å². The quantitative estimate of drug-likeness (QED) is 0.837. The number of sulfonamides is 1. The number of aromatic hydroxyl groups is 2. The lowest BCUT2D eigenvalue weighted by atomic mass is 9.89. The van der Waals surface area contributed by atoms with Crippen molar-refractivity contribution in [1.29, 1.82) is 0 Å². The van der Waals surface area contributed by atoms with Crippen LogP contribution in [0.15, 0.2) is 42.5 Å². The smallest absolute Gasteiger partial charge is 0.214 e. The molecule has 7 heteroatoms. The van der Waals surface area contributed by atoms with Crippen LogP contribution in [-0.2, 0) is 16.4 Å². The average molecular weight is 379 g/mol. The summed E-state index contributed by atoms with van der Waals surface area (Å²) in [5, 5.41) is 19.2. The summed E-state index contributed by atoms with van der Waals surface area (Å²) in [6.45, 7) is 0.674. The van der Waals surface area contributed by atoms with E-state index in [1.165, 1.54) is 4.31 Å². The van der Waals surface area contributed by atoms with Gasteiger partial charge in [0.1, 0.15) is 5.75 Å². The number of hydrogen-bond donors (Lipinski definition) is 2. The monoisotopic (exact) mass is 379 g/mol. The molecule has 0 aromatic heterocycles. The largest absolute Gasteiger partial charge is 0.508 e. The molecule has 2 N–H and O–H groups in total. The van der Waals surface area contributed by atoms with Crippen LogP contribution in [-0.4, -0.2) is 41.8 Å². The number of benzene rings is 2. The topological polar surface area (TPSA) is 77.8 Å². The number of phenols is 2. The van der Waals surface area contributed by atoms with Crippen LogP contribution in [0.2, 0.25) is 0 Å². The molecule has 0 unspecified atom stereocenters. The van der Waals surface area contributed by atoms with Crippen LogP contribution in [0.3, 0.4) is 0 Å². The minimum atomic E-state index is -3.36. The Morgan fingerprint density at radius 3 is 2.35 bits per heavy atom. The highest BCUT2D eigenvalue weighted by Gasteiger charge is 2.30. The van der Waals surface area contributed by atoms with Gasteiger partial charge in [0.25, 0.3) is 0 Å². The molecule has 2 aromatic carbocycles. The second-order valence-corrected chi connectivity index (χ2v) is 8.68. The van der Waals surface area contributed by atoms with Gasteiger partial charge in [0, 0.05) is 24.7 Å². The molecule has 26 heavy (non-hydrogen) atoms. The van der Waals surface area contributed by atoms with Gasteiger partial charge in [0.15, 0.2) is 11.6 Å². The summed E-state index contributed by atoms with van der Waals surface area (Å²) >= 11 is 0. The van der Waals surface area contributed by atoms with Crippen molar-refractivity contribution in [1.82, 2.24) is 4.31 Å². The van der Waals surface area contributed by atoms with Crippen molar-refractivity contribution in [2.75, 3.05) is 18.8 Å². The highest BCUT2D eigenvalue weighted by molar-refractivity contribution is 7.89. The van der Waals surface area contributed by atoms with Crippen molar-refractivity contribution in [3.8, 4) is 11.5 Å². The molecule has 0 amide bonds. The van der Waals surface area contributed by atoms with Crippen LogP contribution < -0.4 is 0 Å². The number of aryl methyl sites for hydroxylation is 1. The first-order valence-electron chi connectivity index (χ1n) is 8.60. The van der Waals surface area contributed by atoms with Crippen molar-refractivity contribution in [2.24, 2.45) is 0 Å². The molecule has 140 valence electrons. The highest BCUT2D eigenvalue weighted by Crippen LogP contribution is 2.37. The molecule has 2 aromatic rings. The van der Waals surface area contributed by atoms with E-state index >= 15 is 0 Å². The average Bonchev–Trinajstić information content (AvgIpc) is 2.64. The first-order chi connectivity index (χ1) is 12.4. The molecule has 0 bridgehead atoms. The van der Waals surface area contributed by atoms with Gasteiger partial charge in [-0.1, -0.05) is 30.3 Å². The lowest BCUT2D eigenvalue weighted by molar-refractivity contribution is 0.313. The van der Waals surface area contributed by atoms with E-state index in [0.717, 1.165) is 17.7 Å². The van der Waals surface area contributed by atoms with Gasteiger partial charge in [-0.15, -0.1) is 0 Å². The maximum absolute atomic E-state index is 13.6. The molecule has 1 fully saturated rings. The Morgan fingerprint density at radius 2 is 1.69 bits per heavy atom. The maximum atomic E-state index is 13.6. The third-order valence-corrected chi connectivity index (χ3v) is 6.75. The minimum Gasteiger partial charge on any atom is -0.508 e. The minimum absolute atomic E-state index is 0.0563. The molecule has 1 saturated heterocycles. The van der Waals surface area contributed by atoms with E-state index in [0.29, 0.717) is 37.9 Å². The van der Waals surface area contributed by atoms with Crippen LogP contribution in [0.25, 0.3) is 0 Å². The van der Waals surface area contributed by atoms with E-state index in [1.54, 1.807) is 0 Å². The molecule has 0 spiro atoms. The summed E-state index contributed by atoms with van der Waals surface area (Å²) in [4.78, 5) is 0. The van der Waals surface area contributed by atoms with E-state index in [2.05, 4.69) is 0 Å². The lowest BCUT2D eigenvalue weighted by Gasteiger charge is -2.31. The van der Waals surface area contributed by atoms with E-state index in [4.69, 9.17) is 0 Å². The second kappa shape index (κ2) is 7.63. The van der Waals surface area contributed by atoms with E-state index in [1.807, 2.05) is 30.3 Å². The fourth-order valence-corrected chi connectivity index (χ4v) is 4.88. The first-order valence-corrected chi connectivity index (χ1v) is 10.2. The van der Waals surface area contributed by atoms with Gasteiger partial charge < -0.3 is 10.2 Å². The van der Waals surface area contributed by atoms with Crippen molar-refractivity contribution < 1.29 is 23.0 Å². The van der Waals surface area contributed by atoms with Crippen molar-refractivity contribution >= 4 is 10.0 Å². The second-order valence-electron chi connectivity index (χ2n) is 6.59. The van der Waals surface area contributed by atoms with E-state index < -0.39 is 21.6 Å².